The molecule has 2 amide bonds. The summed E-state index contributed by atoms with van der Waals surface area (Å²) >= 11 is 3.29. The van der Waals surface area contributed by atoms with Crippen molar-refractivity contribution in [1.29, 1.82) is 0 Å². The molecule has 0 radical (unpaired) electrons. The van der Waals surface area contributed by atoms with Crippen LogP contribution < -0.4 is 10.0 Å². The summed E-state index contributed by atoms with van der Waals surface area (Å²) in [6, 6.07) is 17.7. The molecule has 2 unspecified atom stereocenters. The summed E-state index contributed by atoms with van der Waals surface area (Å²) in [6.45, 7) is 1.66. The Morgan fingerprint density at radius 1 is 0.889 bits per heavy atom. The van der Waals surface area contributed by atoms with Crippen LogP contribution in [-0.4, -0.2) is 39.0 Å². The molecular weight excluding hydrogens is 570 g/mol. The smallest absolute Gasteiger partial charge is 0.252 e. The van der Waals surface area contributed by atoms with E-state index in [2.05, 4.69) is 15.9 Å². The Kier molecular flexibility index (Phi) is 7.17. The Morgan fingerprint density at radius 3 is 2.00 bits per heavy atom. The van der Waals surface area contributed by atoms with Crippen molar-refractivity contribution in [3.8, 4) is 0 Å². The van der Waals surface area contributed by atoms with Crippen LogP contribution in [0.5, 0.6) is 0 Å². The fourth-order valence-corrected chi connectivity index (χ4v) is 6.66. The van der Waals surface area contributed by atoms with Crippen LogP contribution in [0.4, 0.5) is 5.69 Å². The van der Waals surface area contributed by atoms with Gasteiger partial charge in [-0.15, -0.1) is 0 Å². The van der Waals surface area contributed by atoms with Gasteiger partial charge in [-0.05, 0) is 61.0 Å². The van der Waals surface area contributed by atoms with Crippen molar-refractivity contribution < 1.29 is 26.4 Å². The van der Waals surface area contributed by atoms with Crippen LogP contribution in [0.3, 0.4) is 0 Å². The second-order valence-electron chi connectivity index (χ2n) is 8.20. The largest absolute Gasteiger partial charge is 0.274 e. The molecule has 3 aromatic carbocycles. The Morgan fingerprint density at radius 2 is 1.44 bits per heavy atom. The van der Waals surface area contributed by atoms with Crippen molar-refractivity contribution >= 4 is 53.5 Å². The predicted molar refractivity (Wildman–Crippen MR) is 137 cm³/mol. The highest BCUT2D eigenvalue weighted by molar-refractivity contribution is 9.10. The maximum Gasteiger partial charge on any atom is 0.252 e. The monoisotopic (exact) mass is 591 g/mol. The Balaban J connectivity index is 1.77. The minimum atomic E-state index is -4.22. The van der Waals surface area contributed by atoms with Crippen LogP contribution in [0.1, 0.15) is 24.9 Å². The van der Waals surface area contributed by atoms with Crippen LogP contribution in [0.25, 0.3) is 0 Å². The van der Waals surface area contributed by atoms with Crippen molar-refractivity contribution in [2.45, 2.75) is 35.2 Å². The van der Waals surface area contributed by atoms with Gasteiger partial charge < -0.3 is 0 Å². The van der Waals surface area contributed by atoms with Crippen molar-refractivity contribution in [3.05, 3.63) is 88.9 Å². The van der Waals surface area contributed by atoms with E-state index in [4.69, 9.17) is 5.14 Å². The summed E-state index contributed by atoms with van der Waals surface area (Å²) in [6.07, 6.45) is -0.372. The van der Waals surface area contributed by atoms with Crippen molar-refractivity contribution in [3.63, 3.8) is 0 Å². The third kappa shape index (κ3) is 5.00. The lowest BCUT2D eigenvalue weighted by Crippen LogP contribution is -2.46. The lowest BCUT2D eigenvalue weighted by Gasteiger charge is -2.32. The Labute approximate surface area is 217 Å². The fraction of sp³-hybridized carbons (Fsp3) is 0.167. The number of primary sulfonamides is 1. The summed E-state index contributed by atoms with van der Waals surface area (Å²) < 4.78 is 52.6. The highest BCUT2D eigenvalue weighted by Gasteiger charge is 2.49. The number of anilines is 1. The number of imide groups is 1. The van der Waals surface area contributed by atoms with E-state index in [9.17, 15) is 26.4 Å². The normalized spacial score (nSPS) is 17.6. The number of carbonyl (C=O) groups excluding carboxylic acids is 2. The molecule has 1 saturated heterocycles. The molecule has 0 bridgehead atoms. The molecule has 0 saturated carbocycles. The molecule has 3 aromatic rings. The number of nitrogens with two attached hydrogens (primary N) is 1. The maximum atomic E-state index is 13.8. The first-order valence-corrected chi connectivity index (χ1v) is 14.5. The number of nitrogens with zero attached hydrogens (tertiary/aromatic N) is 2. The lowest BCUT2D eigenvalue weighted by molar-refractivity contribution is -0.122. The third-order valence-corrected chi connectivity index (χ3v) is 9.36. The molecule has 4 rings (SSSR count). The number of rotatable bonds is 7. The van der Waals surface area contributed by atoms with Crippen LogP contribution in [0, 0.1) is 0 Å². The molecule has 2 atom stereocenters. The molecular formula is C24H22BrN3O6S2. The minimum Gasteiger partial charge on any atom is -0.274 e. The van der Waals surface area contributed by atoms with Crippen LogP contribution in [0.15, 0.2) is 93.1 Å². The number of sulfonamides is 2. The zero-order chi connectivity index (χ0) is 26.3. The predicted octanol–water partition coefficient (Wildman–Crippen LogP) is 3.18. The van der Waals surface area contributed by atoms with Crippen LogP contribution in [0.2, 0.25) is 0 Å². The summed E-state index contributed by atoms with van der Waals surface area (Å²) in [4.78, 5) is 27.2. The number of halogens is 1. The number of carbonyl (C=O) groups is 2. The standard InChI is InChI=1S/C24H22BrN3O6S2/c1-16(17-5-3-2-4-6-17)28(36(33,34)21-11-7-18(25)8-12-21)22-15-23(29)27(24(22)30)19-9-13-20(14-10-19)35(26,31)32/h2-14,16,22H,15H2,1H3,(H2,26,31,32). The number of amides is 2. The third-order valence-electron chi connectivity index (χ3n) is 5.91. The minimum absolute atomic E-state index is 0.0234. The average molecular weight is 592 g/mol. The SMILES string of the molecule is CC(c1ccccc1)N(C1CC(=O)N(c2ccc(S(N)(=O)=O)cc2)C1=O)S(=O)(=O)c1ccc(Br)cc1. The molecule has 12 heteroatoms. The zero-order valence-electron chi connectivity index (χ0n) is 19.0. The molecule has 1 fully saturated rings. The lowest BCUT2D eigenvalue weighted by atomic mass is 10.1. The van der Waals surface area contributed by atoms with Gasteiger partial charge in [-0.25, -0.2) is 26.9 Å². The van der Waals surface area contributed by atoms with Crippen molar-refractivity contribution in [2.75, 3.05) is 4.90 Å². The van der Waals surface area contributed by atoms with Gasteiger partial charge in [-0.2, -0.15) is 4.31 Å². The maximum absolute atomic E-state index is 13.8. The van der Waals surface area contributed by atoms with Gasteiger partial charge in [-0.1, -0.05) is 46.3 Å². The van der Waals surface area contributed by atoms with E-state index in [0.717, 1.165) is 9.21 Å². The Hall–Kier alpha value is -2.90. The highest BCUT2D eigenvalue weighted by atomic mass is 79.9. The van der Waals surface area contributed by atoms with E-state index in [1.165, 1.54) is 36.4 Å². The molecule has 188 valence electrons. The second-order valence-corrected chi connectivity index (χ2v) is 12.5. The van der Waals surface area contributed by atoms with Gasteiger partial charge in [0.25, 0.3) is 5.91 Å². The van der Waals surface area contributed by atoms with Crippen molar-refractivity contribution in [2.24, 2.45) is 5.14 Å². The molecule has 0 spiro atoms. The van der Waals surface area contributed by atoms with Gasteiger partial charge in [0, 0.05) is 10.5 Å². The first kappa shape index (κ1) is 26.2. The van der Waals surface area contributed by atoms with Gasteiger partial charge in [0.15, 0.2) is 0 Å². The fourth-order valence-electron chi connectivity index (χ4n) is 4.12. The van der Waals surface area contributed by atoms with E-state index < -0.39 is 43.9 Å². The topological polar surface area (TPSA) is 135 Å². The average Bonchev–Trinajstić information content (AvgIpc) is 3.12. The van der Waals surface area contributed by atoms with E-state index in [1.54, 1.807) is 49.4 Å². The molecule has 36 heavy (non-hydrogen) atoms. The molecule has 9 nitrogen and oxygen atoms in total. The number of hydrogen-bond donors (Lipinski definition) is 1. The Bertz CT molecular complexity index is 1510. The second kappa shape index (κ2) is 9.87. The molecule has 0 aliphatic carbocycles. The van der Waals surface area contributed by atoms with Gasteiger partial charge in [0.05, 0.1) is 21.9 Å². The van der Waals surface area contributed by atoms with Gasteiger partial charge in [0.1, 0.15) is 6.04 Å². The quantitative estimate of drug-likeness (QED) is 0.419. The summed E-state index contributed by atoms with van der Waals surface area (Å²) in [5.41, 5.74) is 0.766. The first-order valence-electron chi connectivity index (χ1n) is 10.7. The van der Waals surface area contributed by atoms with Gasteiger partial charge in [0.2, 0.25) is 26.0 Å². The number of benzene rings is 3. The molecule has 0 aromatic heterocycles. The van der Waals surface area contributed by atoms with Gasteiger partial charge >= 0.3 is 0 Å². The van der Waals surface area contributed by atoms with Crippen molar-refractivity contribution in [1.82, 2.24) is 4.31 Å². The highest BCUT2D eigenvalue weighted by Crippen LogP contribution is 2.36. The van der Waals surface area contributed by atoms with Crippen LogP contribution in [-0.2, 0) is 29.6 Å². The summed E-state index contributed by atoms with van der Waals surface area (Å²) in [5.74, 6) is -1.34. The zero-order valence-corrected chi connectivity index (χ0v) is 22.2. The molecule has 1 aliphatic heterocycles. The van der Waals surface area contributed by atoms with E-state index >= 15 is 0 Å². The summed E-state index contributed by atoms with van der Waals surface area (Å²) in [5, 5.41) is 5.13. The molecule has 1 aliphatic rings. The molecule has 2 N–H and O–H groups in total. The first-order chi connectivity index (χ1) is 16.9. The van der Waals surface area contributed by atoms with Gasteiger partial charge in [-0.3, -0.25) is 9.59 Å². The number of hydrogen-bond acceptors (Lipinski definition) is 6. The van der Waals surface area contributed by atoms with E-state index in [1.807, 2.05) is 0 Å². The molecule has 1 heterocycles. The van der Waals surface area contributed by atoms with E-state index in [-0.39, 0.29) is 21.9 Å². The van der Waals surface area contributed by atoms with E-state index in [0.29, 0.717) is 10.0 Å². The van der Waals surface area contributed by atoms with Crippen LogP contribution >= 0.6 is 15.9 Å². The summed E-state index contributed by atoms with van der Waals surface area (Å²) in [7, 11) is -8.19.